The number of Topliss-reactive ketones (excluding diaryl/α,β-unsaturated/α-hetero) is 1. The van der Waals surface area contributed by atoms with Crippen LogP contribution in [0.15, 0.2) is 79.3 Å². The predicted molar refractivity (Wildman–Crippen MR) is 339 cm³/mol. The molecule has 0 unspecified atom stereocenters. The summed E-state index contributed by atoms with van der Waals surface area (Å²) in [5.74, 6) is -7.15. The van der Waals surface area contributed by atoms with Crippen molar-refractivity contribution in [3.63, 3.8) is 0 Å². The predicted octanol–water partition coefficient (Wildman–Crippen LogP) is 13.1. The number of aliphatic carboxylic acids is 1. The highest BCUT2D eigenvalue weighted by Crippen LogP contribution is 2.74. The van der Waals surface area contributed by atoms with Gasteiger partial charge in [0.1, 0.15) is 18.0 Å². The monoisotopic (exact) mass is 1370 g/mol. The molecule has 8 heterocycles. The molecule has 8 aliphatic rings. The van der Waals surface area contributed by atoms with Gasteiger partial charge in [0.2, 0.25) is 23.6 Å². The zero-order valence-corrected chi connectivity index (χ0v) is 54.8. The Labute approximate surface area is 554 Å². The van der Waals surface area contributed by atoms with E-state index in [1.54, 1.807) is 36.4 Å². The first-order valence-electron chi connectivity index (χ1n) is 30.9. The lowest BCUT2D eigenvalue weighted by Gasteiger charge is -2.51. The van der Waals surface area contributed by atoms with Gasteiger partial charge in [-0.05, 0) is 176 Å². The molecule has 2 amide bonds. The number of ether oxygens (including phenoxy) is 2. The molecule has 492 valence electrons. The number of ketones is 1. The van der Waals surface area contributed by atoms with Crippen molar-refractivity contribution in [2.75, 3.05) is 23.8 Å². The summed E-state index contributed by atoms with van der Waals surface area (Å²) in [4.78, 5) is 85.6. The zero-order chi connectivity index (χ0) is 64.7. The number of carboxylic acids is 1. The van der Waals surface area contributed by atoms with Crippen LogP contribution in [0.5, 0.6) is 0 Å². The number of carboxylic acid groups (broad SMARTS) is 1. The Morgan fingerprint density at radius 2 is 1.05 bits per heavy atom. The van der Waals surface area contributed by atoms with Crippen LogP contribution in [0.4, 0.5) is 20.2 Å². The molecule has 2 saturated heterocycles. The second-order valence-corrected chi connectivity index (χ2v) is 29.3. The Balaban J connectivity index is 0.000000161. The second kappa shape index (κ2) is 25.6. The summed E-state index contributed by atoms with van der Waals surface area (Å²) in [6.07, 6.45) is 12.1. The molecular weight excluding hydrogens is 1300 g/mol. The minimum Gasteiger partial charge on any atom is -0.481 e. The fourth-order valence-corrected chi connectivity index (χ4v) is 17.7. The first kappa shape index (κ1) is 67.3. The molecule has 7 N–H and O–H groups in total. The van der Waals surface area contributed by atoms with Gasteiger partial charge in [0.05, 0.1) is 30.0 Å². The summed E-state index contributed by atoms with van der Waals surface area (Å²) >= 11 is 24.9. The van der Waals surface area contributed by atoms with Gasteiger partial charge in [-0.2, -0.15) is 0 Å². The molecule has 6 aromatic rings. The average molecular weight is 1370 g/mol. The van der Waals surface area contributed by atoms with Crippen molar-refractivity contribution >= 4 is 93.8 Å². The molecule has 4 aliphatic heterocycles. The summed E-state index contributed by atoms with van der Waals surface area (Å²) in [6, 6.07) is 13.7. The number of hydrogen-bond acceptors (Lipinski definition) is 15. The summed E-state index contributed by atoms with van der Waals surface area (Å²) in [5, 5.41) is 28.7. The number of nitrogens with one attached hydrogen (secondary N) is 4. The topological polar surface area (TPSA) is 301 Å². The third kappa shape index (κ3) is 11.7. The lowest BCUT2D eigenvalue weighted by molar-refractivity contribution is -0.142. The van der Waals surface area contributed by atoms with Crippen molar-refractivity contribution < 1.29 is 51.4 Å². The Bertz CT molecular complexity index is 3940. The number of aromatic amines is 2. The van der Waals surface area contributed by atoms with Crippen LogP contribution >= 0.6 is 58.8 Å². The van der Waals surface area contributed by atoms with E-state index in [4.69, 9.17) is 70.4 Å². The van der Waals surface area contributed by atoms with Crippen LogP contribution in [-0.2, 0) is 39.5 Å². The van der Waals surface area contributed by atoms with E-state index in [1.807, 2.05) is 6.07 Å². The van der Waals surface area contributed by atoms with Gasteiger partial charge in [-0.1, -0.05) is 86.2 Å². The van der Waals surface area contributed by atoms with E-state index >= 15 is 8.78 Å². The standard InChI is InChI=1S/C33H35Cl2FN4O5.C25H25Cl2FN2O3.C7H11N3O3.ClH/c1-31(2)8-10-32(11-9-31)15-20(23(41)13-17-3-6-24(44-16-17)28-39-40-30(43)45-28)25(19-7-12-37-27(35)26(19)36)33(32)21-5-4-18(34)14-22(21)38-29(33)42;1-23(2)6-8-24(9-7-23)12-15(21(31)32)18(14-5-10-29-20(27)19(14)28)25(24)16-4-3-13(26)11-17(16)30-22(25)33;8-4-1-2-5(12-3-4)6-9-10-7(11)13-6;/h4-5,7,12,14,17,20,24-25H,3,6,8-11,13,15-16H2,1-2H3,(H,38,42)(H,40,43);3-5,10-11,15,18H,6-9,12H2,1-2H3,(H,30,33)(H,31,32);4-5H,1-3,8H2,(H,10,11);1H/t17-,20-,24-,25-,33+;15-,18+,25-;4-,5+;/m011./s1. The van der Waals surface area contributed by atoms with Crippen LogP contribution in [0.3, 0.4) is 0 Å². The molecule has 20 nitrogen and oxygen atoms in total. The number of hydrogen-bond donors (Lipinski definition) is 6. The number of benzene rings is 2. The quantitative estimate of drug-likeness (QED) is 0.0772. The maximum absolute atomic E-state index is 16.1. The van der Waals surface area contributed by atoms with Crippen LogP contribution in [0.2, 0.25) is 20.4 Å². The molecule has 4 saturated carbocycles. The third-order valence-electron chi connectivity index (χ3n) is 21.6. The minimum atomic E-state index is -1.25. The summed E-state index contributed by atoms with van der Waals surface area (Å²) in [5.41, 5.74) is 5.10. The largest absolute Gasteiger partial charge is 0.481 e. The summed E-state index contributed by atoms with van der Waals surface area (Å²) in [7, 11) is 0. The lowest BCUT2D eigenvalue weighted by atomic mass is 9.51. The molecule has 4 aliphatic carbocycles. The third-order valence-corrected chi connectivity index (χ3v) is 22.6. The van der Waals surface area contributed by atoms with Crippen molar-refractivity contribution in [2.45, 2.75) is 165 Å². The minimum absolute atomic E-state index is 0. The molecule has 92 heavy (non-hydrogen) atoms. The molecule has 27 heteroatoms. The van der Waals surface area contributed by atoms with Gasteiger partial charge < -0.3 is 39.8 Å². The van der Waals surface area contributed by atoms with E-state index < -0.39 is 80.6 Å². The van der Waals surface area contributed by atoms with Crippen LogP contribution in [-0.4, -0.2) is 78.3 Å². The van der Waals surface area contributed by atoms with E-state index in [2.05, 4.69) is 68.7 Å². The van der Waals surface area contributed by atoms with Gasteiger partial charge in [-0.15, -0.1) is 22.6 Å². The molecule has 4 spiro atoms. The van der Waals surface area contributed by atoms with Gasteiger partial charge in [-0.25, -0.2) is 38.5 Å². The molecular formula is C65H72Cl5F2N9O11. The highest BCUT2D eigenvalue weighted by Gasteiger charge is 2.74. The first-order valence-corrected chi connectivity index (χ1v) is 32.4. The number of carbonyl (C=O) groups is 4. The van der Waals surface area contributed by atoms with Crippen molar-refractivity contribution in [1.29, 1.82) is 0 Å². The van der Waals surface area contributed by atoms with Crippen molar-refractivity contribution in [1.82, 2.24) is 30.4 Å². The number of pyridine rings is 2. The Morgan fingerprint density at radius 3 is 1.46 bits per heavy atom. The lowest BCUT2D eigenvalue weighted by Crippen LogP contribution is -2.52. The number of aromatic nitrogens is 6. The van der Waals surface area contributed by atoms with Gasteiger partial charge in [0.15, 0.2) is 21.9 Å². The Kier molecular flexibility index (Phi) is 18.7. The van der Waals surface area contributed by atoms with Crippen LogP contribution in [0, 0.1) is 51.0 Å². The van der Waals surface area contributed by atoms with E-state index in [9.17, 15) is 33.9 Å². The van der Waals surface area contributed by atoms with E-state index in [0.29, 0.717) is 71.6 Å². The molecule has 14 rings (SSSR count). The highest BCUT2D eigenvalue weighted by molar-refractivity contribution is 6.32. The zero-order valence-electron chi connectivity index (χ0n) is 51.0. The number of halogens is 7. The van der Waals surface area contributed by atoms with Crippen molar-refractivity contribution in [3.8, 4) is 0 Å². The van der Waals surface area contributed by atoms with Crippen LogP contribution in [0.1, 0.15) is 182 Å². The number of nitrogens with two attached hydrogens (primary N) is 1. The number of H-pyrrole nitrogens is 2. The number of nitrogens with zero attached hydrogens (tertiary/aromatic N) is 4. The van der Waals surface area contributed by atoms with Crippen molar-refractivity contribution in [2.24, 2.45) is 45.1 Å². The highest BCUT2D eigenvalue weighted by atomic mass is 35.5. The Hall–Kier alpha value is -6.11. The van der Waals surface area contributed by atoms with Crippen LogP contribution in [0.25, 0.3) is 0 Å². The fraction of sp³-hybridized carbons (Fsp3) is 0.538. The number of fused-ring (bicyclic) bond motifs is 6. The first-order chi connectivity index (χ1) is 43.2. The summed E-state index contributed by atoms with van der Waals surface area (Å²) < 4.78 is 52.7. The van der Waals surface area contributed by atoms with Gasteiger partial charge in [0, 0.05) is 64.0 Å². The van der Waals surface area contributed by atoms with E-state index in [0.717, 1.165) is 56.9 Å². The molecule has 0 radical (unpaired) electrons. The SMILES string of the molecule is CC1(C)CCC2(CC1)C[C@@H](C(=O)C[C@@H]1CC[C@@H](c3n[nH]c(=O)o3)OC1)[C@H](c1ccnc(Cl)c1F)[C@]21C(=O)Nc2cc(Cl)ccc21.CC1(C)CCC2(CC1)C[C@@H](C(=O)O)[C@H](c1ccnc(Cl)c1F)[C@]21C(=O)Nc2cc(Cl)ccc21.Cl.N[C@@H]1CC[C@@H](c2n[nH]c(=O)o2)OC1. The maximum atomic E-state index is 16.1. The molecule has 10 atom stereocenters. The number of anilines is 2. The smallest absolute Gasteiger partial charge is 0.434 e. The molecule has 4 aromatic heterocycles. The van der Waals surface area contributed by atoms with Gasteiger partial charge in [-0.3, -0.25) is 19.2 Å². The number of rotatable bonds is 8. The second-order valence-electron chi connectivity index (χ2n) is 27.7. The average Bonchev–Trinajstić information content (AvgIpc) is 1.51. The van der Waals surface area contributed by atoms with Crippen LogP contribution < -0.4 is 27.9 Å². The number of amides is 2. The molecule has 6 fully saturated rings. The Morgan fingerprint density at radius 1 is 0.620 bits per heavy atom. The normalized spacial score (nSPS) is 29.3. The molecule has 2 aromatic carbocycles. The number of carbonyl (C=O) groups excluding carboxylic acids is 3. The van der Waals surface area contributed by atoms with E-state index in [1.165, 1.54) is 18.5 Å². The van der Waals surface area contributed by atoms with Crippen molar-refractivity contribution in [3.05, 3.63) is 148 Å². The van der Waals surface area contributed by atoms with E-state index in [-0.39, 0.29) is 106 Å². The fourth-order valence-electron chi connectivity index (χ4n) is 17.1. The molecule has 0 bridgehead atoms. The summed E-state index contributed by atoms with van der Waals surface area (Å²) in [6.45, 7) is 9.62. The van der Waals surface area contributed by atoms with Gasteiger partial charge >= 0.3 is 17.5 Å². The maximum Gasteiger partial charge on any atom is 0.434 e. The van der Waals surface area contributed by atoms with Gasteiger partial charge in [0.25, 0.3) is 0 Å².